The van der Waals surface area contributed by atoms with Crippen LogP contribution in [0.2, 0.25) is 0 Å². The van der Waals surface area contributed by atoms with E-state index in [1.54, 1.807) is 6.20 Å². The molecule has 5 heteroatoms. The number of aromatic nitrogens is 1. The van der Waals surface area contributed by atoms with Gasteiger partial charge in [0, 0.05) is 30.1 Å². The van der Waals surface area contributed by atoms with Gasteiger partial charge in [0.2, 0.25) is 0 Å². The lowest BCUT2D eigenvalue weighted by molar-refractivity contribution is -0.0644. The number of carbonyl (C=O) groups is 1. The zero-order valence-electron chi connectivity index (χ0n) is 16.2. The van der Waals surface area contributed by atoms with E-state index >= 15 is 0 Å². The predicted octanol–water partition coefficient (Wildman–Crippen LogP) is 4.10. The number of hydrogen-bond donors (Lipinski definition) is 1. The Balaban J connectivity index is 1.36. The van der Waals surface area contributed by atoms with Crippen molar-refractivity contribution in [3.8, 4) is 11.3 Å². The van der Waals surface area contributed by atoms with Gasteiger partial charge in [0.15, 0.2) is 12.2 Å². The Kier molecular flexibility index (Phi) is 4.47. The molecule has 148 valence electrons. The third-order valence-corrected chi connectivity index (χ3v) is 6.60. The fourth-order valence-corrected chi connectivity index (χ4v) is 5.09. The first-order chi connectivity index (χ1) is 14.1. The summed E-state index contributed by atoms with van der Waals surface area (Å²) in [6.07, 6.45) is 5.86. The molecule has 2 aromatic carbocycles. The Hall–Kier alpha value is -2.92. The topological polar surface area (TPSA) is 66.6 Å². The van der Waals surface area contributed by atoms with Crippen molar-refractivity contribution in [1.82, 2.24) is 9.88 Å². The third kappa shape index (κ3) is 3.15. The van der Waals surface area contributed by atoms with Crippen molar-refractivity contribution in [2.24, 2.45) is 11.8 Å². The summed E-state index contributed by atoms with van der Waals surface area (Å²) in [5.41, 5.74) is 1.68. The minimum absolute atomic E-state index is 0.0268. The maximum Gasteiger partial charge on any atom is 0.253 e. The molecule has 2 heterocycles. The molecule has 1 aromatic heterocycles. The van der Waals surface area contributed by atoms with Crippen LogP contribution in [0.3, 0.4) is 0 Å². The van der Waals surface area contributed by atoms with Gasteiger partial charge in [-0.1, -0.05) is 42.5 Å². The van der Waals surface area contributed by atoms with E-state index in [1.165, 1.54) is 6.39 Å². The molecule has 1 aliphatic heterocycles. The van der Waals surface area contributed by atoms with Crippen molar-refractivity contribution in [1.29, 1.82) is 0 Å². The predicted molar refractivity (Wildman–Crippen MR) is 109 cm³/mol. The Morgan fingerprint density at radius 2 is 1.90 bits per heavy atom. The van der Waals surface area contributed by atoms with Gasteiger partial charge < -0.3 is 14.4 Å². The summed E-state index contributed by atoms with van der Waals surface area (Å²) in [5.74, 6) is 1.13. The molecule has 1 amide bonds. The van der Waals surface area contributed by atoms with Crippen LogP contribution in [0.15, 0.2) is 71.6 Å². The molecule has 2 aliphatic rings. The van der Waals surface area contributed by atoms with Gasteiger partial charge in [-0.25, -0.2) is 4.98 Å². The highest BCUT2D eigenvalue weighted by Crippen LogP contribution is 2.48. The molecule has 1 saturated heterocycles. The van der Waals surface area contributed by atoms with Gasteiger partial charge >= 0.3 is 0 Å². The van der Waals surface area contributed by atoms with E-state index in [-0.39, 0.29) is 11.8 Å². The summed E-state index contributed by atoms with van der Waals surface area (Å²) in [5, 5.41) is 11.6. The summed E-state index contributed by atoms with van der Waals surface area (Å²) in [6.45, 7) is 1.31. The second kappa shape index (κ2) is 7.16. The van der Waals surface area contributed by atoms with Gasteiger partial charge in [0.1, 0.15) is 0 Å². The van der Waals surface area contributed by atoms with Crippen LogP contribution in [-0.2, 0) is 5.60 Å². The number of carbonyl (C=O) groups excluding carboxylic acids is 1. The minimum Gasteiger partial charge on any atom is -0.444 e. The second-order valence-corrected chi connectivity index (χ2v) is 8.20. The molecule has 0 bridgehead atoms. The van der Waals surface area contributed by atoms with E-state index in [9.17, 15) is 9.90 Å². The fourth-order valence-electron chi connectivity index (χ4n) is 5.09. The van der Waals surface area contributed by atoms with E-state index in [2.05, 4.69) is 4.98 Å². The molecule has 0 radical (unpaired) electrons. The molecule has 5 nitrogen and oxygen atoms in total. The average Bonchev–Trinajstić information content (AvgIpc) is 3.45. The number of rotatable bonds is 3. The minimum atomic E-state index is -0.852. The number of amides is 1. The van der Waals surface area contributed by atoms with Crippen LogP contribution in [-0.4, -0.2) is 34.0 Å². The van der Waals surface area contributed by atoms with Gasteiger partial charge in [0.05, 0.1) is 11.8 Å². The van der Waals surface area contributed by atoms with Crippen molar-refractivity contribution in [2.75, 3.05) is 13.1 Å². The van der Waals surface area contributed by atoms with Crippen molar-refractivity contribution < 1.29 is 14.3 Å². The SMILES string of the molecule is O=C(c1ccc(-c2cnco2)cc1)N1C[C@@H]2CCC[C@@](O)(c3ccccc3)[C@@H]2C1. The van der Waals surface area contributed by atoms with Crippen LogP contribution in [0, 0.1) is 11.8 Å². The first kappa shape index (κ1) is 18.1. The summed E-state index contributed by atoms with van der Waals surface area (Å²) >= 11 is 0. The number of benzene rings is 2. The van der Waals surface area contributed by atoms with Gasteiger partial charge in [-0.2, -0.15) is 0 Å². The molecular weight excluding hydrogens is 364 g/mol. The first-order valence-electron chi connectivity index (χ1n) is 10.2. The highest BCUT2D eigenvalue weighted by molar-refractivity contribution is 5.94. The quantitative estimate of drug-likeness (QED) is 0.734. The zero-order chi connectivity index (χ0) is 19.8. The Bertz CT molecular complexity index is 985. The normalized spacial score (nSPS) is 26.3. The van der Waals surface area contributed by atoms with Crippen LogP contribution in [0.1, 0.15) is 35.2 Å². The molecule has 0 spiro atoms. The maximum atomic E-state index is 13.1. The highest BCUT2D eigenvalue weighted by Gasteiger charge is 2.50. The third-order valence-electron chi connectivity index (χ3n) is 6.60. The average molecular weight is 388 g/mol. The van der Waals surface area contributed by atoms with E-state index in [4.69, 9.17) is 4.42 Å². The van der Waals surface area contributed by atoms with Gasteiger partial charge in [-0.3, -0.25) is 4.79 Å². The van der Waals surface area contributed by atoms with Gasteiger partial charge in [-0.05, 0) is 42.9 Å². The Labute approximate surface area is 170 Å². The standard InChI is InChI=1S/C24H24N2O3/c27-23(18-10-8-17(9-11-18)22-13-25-16-29-22)26-14-19-5-4-12-24(28,21(19)15-26)20-6-2-1-3-7-20/h1-3,6-11,13,16,19,21,28H,4-5,12,14-15H2/t19-,21+,24+/m0/s1. The van der Waals surface area contributed by atoms with Crippen molar-refractivity contribution >= 4 is 5.91 Å². The van der Waals surface area contributed by atoms with Crippen molar-refractivity contribution in [3.05, 3.63) is 78.3 Å². The Morgan fingerprint density at radius 3 is 2.62 bits per heavy atom. The number of nitrogens with zero attached hydrogens (tertiary/aromatic N) is 2. The largest absolute Gasteiger partial charge is 0.444 e. The fraction of sp³-hybridized carbons (Fsp3) is 0.333. The van der Waals surface area contributed by atoms with Crippen LogP contribution in [0.25, 0.3) is 11.3 Å². The lowest BCUT2D eigenvalue weighted by Gasteiger charge is -2.41. The smallest absolute Gasteiger partial charge is 0.253 e. The number of hydrogen-bond acceptors (Lipinski definition) is 4. The molecule has 29 heavy (non-hydrogen) atoms. The van der Waals surface area contributed by atoms with Gasteiger partial charge in [-0.15, -0.1) is 0 Å². The summed E-state index contributed by atoms with van der Waals surface area (Å²) in [4.78, 5) is 19.0. The first-order valence-corrected chi connectivity index (χ1v) is 10.2. The van der Waals surface area contributed by atoms with Crippen LogP contribution in [0.4, 0.5) is 0 Å². The summed E-state index contributed by atoms with van der Waals surface area (Å²) < 4.78 is 5.31. The number of likely N-dealkylation sites (tertiary alicyclic amines) is 1. The van der Waals surface area contributed by atoms with E-state index in [1.807, 2.05) is 59.5 Å². The van der Waals surface area contributed by atoms with E-state index < -0.39 is 5.60 Å². The lowest BCUT2D eigenvalue weighted by Crippen LogP contribution is -2.42. The highest BCUT2D eigenvalue weighted by atomic mass is 16.3. The number of oxazole rings is 1. The number of fused-ring (bicyclic) bond motifs is 1. The zero-order valence-corrected chi connectivity index (χ0v) is 16.2. The van der Waals surface area contributed by atoms with Crippen molar-refractivity contribution in [3.63, 3.8) is 0 Å². The van der Waals surface area contributed by atoms with Crippen LogP contribution in [0.5, 0.6) is 0 Å². The van der Waals surface area contributed by atoms with Crippen molar-refractivity contribution in [2.45, 2.75) is 24.9 Å². The molecule has 1 aliphatic carbocycles. The van der Waals surface area contributed by atoms with Gasteiger partial charge in [0.25, 0.3) is 5.91 Å². The van der Waals surface area contributed by atoms with Crippen LogP contribution >= 0.6 is 0 Å². The second-order valence-electron chi connectivity index (χ2n) is 8.20. The Morgan fingerprint density at radius 1 is 1.10 bits per heavy atom. The maximum absolute atomic E-state index is 13.1. The molecule has 1 saturated carbocycles. The van der Waals surface area contributed by atoms with E-state index in [0.29, 0.717) is 30.3 Å². The summed E-state index contributed by atoms with van der Waals surface area (Å²) in [6, 6.07) is 17.4. The molecule has 5 rings (SSSR count). The lowest BCUT2D eigenvalue weighted by atomic mass is 9.67. The molecular formula is C24H24N2O3. The van der Waals surface area contributed by atoms with Crippen LogP contribution < -0.4 is 0 Å². The molecule has 0 unspecified atom stereocenters. The van der Waals surface area contributed by atoms with E-state index in [0.717, 1.165) is 30.4 Å². The molecule has 1 N–H and O–H groups in total. The molecule has 3 atom stereocenters. The number of aliphatic hydroxyl groups is 1. The summed E-state index contributed by atoms with van der Waals surface area (Å²) in [7, 11) is 0. The molecule has 2 fully saturated rings. The molecule has 3 aromatic rings. The monoisotopic (exact) mass is 388 g/mol.